The molecule has 56 valence electrons. The van der Waals surface area contributed by atoms with Crippen molar-refractivity contribution in [2.75, 3.05) is 6.54 Å². The average molecular weight is 129 g/mol. The molecule has 0 saturated heterocycles. The highest BCUT2D eigenvalue weighted by Crippen LogP contribution is 2.12. The van der Waals surface area contributed by atoms with Crippen LogP contribution in [0, 0.1) is 11.8 Å². The SMILES string of the molecule is CC(C)C[C@H](C)CCN. The predicted octanol–water partition coefficient (Wildman–Crippen LogP) is 2.02. The molecule has 0 aliphatic heterocycles. The van der Waals surface area contributed by atoms with Crippen molar-refractivity contribution in [1.29, 1.82) is 0 Å². The van der Waals surface area contributed by atoms with Gasteiger partial charge in [0.05, 0.1) is 0 Å². The van der Waals surface area contributed by atoms with Crippen LogP contribution in [0.1, 0.15) is 33.6 Å². The molecule has 0 spiro atoms. The van der Waals surface area contributed by atoms with E-state index < -0.39 is 0 Å². The lowest BCUT2D eigenvalue weighted by Crippen LogP contribution is -2.07. The highest BCUT2D eigenvalue weighted by atomic mass is 14.5. The Balaban J connectivity index is 3.15. The molecule has 2 N–H and O–H groups in total. The fourth-order valence-corrected chi connectivity index (χ4v) is 1.21. The second-order valence-corrected chi connectivity index (χ2v) is 3.31. The van der Waals surface area contributed by atoms with Gasteiger partial charge in [0, 0.05) is 0 Å². The molecule has 0 radical (unpaired) electrons. The van der Waals surface area contributed by atoms with Gasteiger partial charge in [-0.1, -0.05) is 20.8 Å². The fourth-order valence-electron chi connectivity index (χ4n) is 1.21. The largest absolute Gasteiger partial charge is 0.330 e. The summed E-state index contributed by atoms with van der Waals surface area (Å²) in [5.74, 6) is 1.64. The van der Waals surface area contributed by atoms with Crippen LogP contribution in [0.5, 0.6) is 0 Å². The fraction of sp³-hybridized carbons (Fsp3) is 1.00. The van der Waals surface area contributed by atoms with E-state index in [0.29, 0.717) is 0 Å². The van der Waals surface area contributed by atoms with Crippen molar-refractivity contribution in [2.24, 2.45) is 17.6 Å². The van der Waals surface area contributed by atoms with Gasteiger partial charge in [-0.05, 0) is 31.2 Å². The van der Waals surface area contributed by atoms with Crippen LogP contribution in [0.15, 0.2) is 0 Å². The first-order chi connectivity index (χ1) is 4.16. The highest BCUT2D eigenvalue weighted by Gasteiger charge is 2.02. The lowest BCUT2D eigenvalue weighted by atomic mass is 9.96. The summed E-state index contributed by atoms with van der Waals surface area (Å²) in [7, 11) is 0. The molecule has 0 rings (SSSR count). The quantitative estimate of drug-likeness (QED) is 0.617. The Morgan fingerprint density at radius 3 is 2.11 bits per heavy atom. The van der Waals surface area contributed by atoms with Gasteiger partial charge in [-0.25, -0.2) is 0 Å². The Hall–Kier alpha value is -0.0400. The monoisotopic (exact) mass is 129 g/mol. The number of nitrogens with two attached hydrogens (primary N) is 1. The summed E-state index contributed by atoms with van der Waals surface area (Å²) in [6.45, 7) is 7.63. The summed E-state index contributed by atoms with van der Waals surface area (Å²) in [5, 5.41) is 0. The number of hydrogen-bond acceptors (Lipinski definition) is 1. The molecule has 0 aromatic rings. The van der Waals surface area contributed by atoms with Crippen LogP contribution < -0.4 is 5.73 Å². The third kappa shape index (κ3) is 5.84. The summed E-state index contributed by atoms with van der Waals surface area (Å²) in [6.07, 6.45) is 2.50. The van der Waals surface area contributed by atoms with E-state index in [1.165, 1.54) is 12.8 Å². The molecule has 1 atom stereocenters. The zero-order chi connectivity index (χ0) is 7.28. The molecule has 0 aliphatic carbocycles. The van der Waals surface area contributed by atoms with Crippen molar-refractivity contribution >= 4 is 0 Å². The van der Waals surface area contributed by atoms with Crippen molar-refractivity contribution < 1.29 is 0 Å². The molecule has 9 heavy (non-hydrogen) atoms. The first kappa shape index (κ1) is 8.96. The summed E-state index contributed by atoms with van der Waals surface area (Å²) >= 11 is 0. The maximum atomic E-state index is 5.41. The predicted molar refractivity (Wildman–Crippen MR) is 42.3 cm³/mol. The molecule has 0 aromatic heterocycles. The summed E-state index contributed by atoms with van der Waals surface area (Å²) in [4.78, 5) is 0. The van der Waals surface area contributed by atoms with Crippen LogP contribution in [0.4, 0.5) is 0 Å². The third-order valence-electron chi connectivity index (χ3n) is 1.53. The Morgan fingerprint density at radius 1 is 1.22 bits per heavy atom. The molecule has 0 bridgehead atoms. The standard InChI is InChI=1S/C8H19N/c1-7(2)6-8(3)4-5-9/h7-8H,4-6,9H2,1-3H3/t8-/m1/s1. The van der Waals surface area contributed by atoms with E-state index in [1.54, 1.807) is 0 Å². The average Bonchev–Trinajstić information content (AvgIpc) is 1.63. The van der Waals surface area contributed by atoms with Crippen molar-refractivity contribution in [2.45, 2.75) is 33.6 Å². The second-order valence-electron chi connectivity index (χ2n) is 3.31. The van der Waals surface area contributed by atoms with E-state index in [-0.39, 0.29) is 0 Å². The minimum absolute atomic E-state index is 0.815. The minimum atomic E-state index is 0.815. The second kappa shape index (κ2) is 4.80. The van der Waals surface area contributed by atoms with E-state index in [1.807, 2.05) is 0 Å². The van der Waals surface area contributed by atoms with Gasteiger partial charge >= 0.3 is 0 Å². The van der Waals surface area contributed by atoms with Crippen LogP contribution in [-0.4, -0.2) is 6.54 Å². The first-order valence-electron chi connectivity index (χ1n) is 3.87. The number of rotatable bonds is 4. The van der Waals surface area contributed by atoms with E-state index in [4.69, 9.17) is 5.73 Å². The minimum Gasteiger partial charge on any atom is -0.330 e. The van der Waals surface area contributed by atoms with Crippen LogP contribution in [0.25, 0.3) is 0 Å². The molecule has 1 heteroatoms. The van der Waals surface area contributed by atoms with Crippen molar-refractivity contribution in [3.63, 3.8) is 0 Å². The van der Waals surface area contributed by atoms with Gasteiger partial charge in [0.25, 0.3) is 0 Å². The van der Waals surface area contributed by atoms with Crippen LogP contribution in [0.2, 0.25) is 0 Å². The van der Waals surface area contributed by atoms with Gasteiger partial charge in [0.2, 0.25) is 0 Å². The molecular weight excluding hydrogens is 110 g/mol. The molecular formula is C8H19N. The van der Waals surface area contributed by atoms with Crippen molar-refractivity contribution in [3.05, 3.63) is 0 Å². The lowest BCUT2D eigenvalue weighted by Gasteiger charge is -2.11. The summed E-state index contributed by atoms with van der Waals surface area (Å²) < 4.78 is 0. The van der Waals surface area contributed by atoms with Gasteiger partial charge in [-0.2, -0.15) is 0 Å². The molecule has 0 fully saturated rings. The molecule has 0 heterocycles. The van der Waals surface area contributed by atoms with E-state index in [0.717, 1.165) is 18.4 Å². The molecule has 0 amide bonds. The van der Waals surface area contributed by atoms with Gasteiger partial charge < -0.3 is 5.73 Å². The van der Waals surface area contributed by atoms with E-state index in [9.17, 15) is 0 Å². The molecule has 0 aliphatic rings. The zero-order valence-corrected chi connectivity index (χ0v) is 6.85. The highest BCUT2D eigenvalue weighted by molar-refractivity contribution is 4.55. The zero-order valence-electron chi connectivity index (χ0n) is 6.85. The van der Waals surface area contributed by atoms with Crippen LogP contribution in [-0.2, 0) is 0 Å². The van der Waals surface area contributed by atoms with Crippen LogP contribution >= 0.6 is 0 Å². The van der Waals surface area contributed by atoms with Gasteiger partial charge in [0.15, 0.2) is 0 Å². The number of hydrogen-bond donors (Lipinski definition) is 1. The Morgan fingerprint density at radius 2 is 1.78 bits per heavy atom. The Kier molecular flexibility index (Phi) is 4.78. The smallest absolute Gasteiger partial charge is 0.00747 e. The van der Waals surface area contributed by atoms with E-state index >= 15 is 0 Å². The van der Waals surface area contributed by atoms with Crippen molar-refractivity contribution in [3.8, 4) is 0 Å². The lowest BCUT2D eigenvalue weighted by molar-refractivity contribution is 0.420. The topological polar surface area (TPSA) is 26.0 Å². The Bertz CT molecular complexity index is 59.6. The van der Waals surface area contributed by atoms with Gasteiger partial charge in [-0.3, -0.25) is 0 Å². The first-order valence-corrected chi connectivity index (χ1v) is 3.87. The maximum absolute atomic E-state index is 5.41. The Labute approximate surface area is 58.6 Å². The molecule has 0 saturated carbocycles. The normalized spacial score (nSPS) is 14.3. The summed E-state index contributed by atoms with van der Waals surface area (Å²) in [6, 6.07) is 0. The molecule has 0 unspecified atom stereocenters. The third-order valence-corrected chi connectivity index (χ3v) is 1.53. The van der Waals surface area contributed by atoms with Crippen LogP contribution in [0.3, 0.4) is 0 Å². The summed E-state index contributed by atoms with van der Waals surface area (Å²) in [5.41, 5.74) is 5.41. The van der Waals surface area contributed by atoms with Gasteiger partial charge in [0.1, 0.15) is 0 Å². The molecule has 0 aromatic carbocycles. The maximum Gasteiger partial charge on any atom is -0.00747 e. The van der Waals surface area contributed by atoms with E-state index in [2.05, 4.69) is 20.8 Å². The van der Waals surface area contributed by atoms with Crippen molar-refractivity contribution in [1.82, 2.24) is 0 Å². The van der Waals surface area contributed by atoms with Gasteiger partial charge in [-0.15, -0.1) is 0 Å². The molecule has 1 nitrogen and oxygen atoms in total.